The average molecular weight is 210 g/mol. The molecule has 1 aliphatic heterocycles. The zero-order valence-corrected chi connectivity index (χ0v) is 8.78. The second-order valence-electron chi connectivity index (χ2n) is 3.74. The molecule has 4 heteroatoms. The minimum atomic E-state index is -0.0251. The number of hydrogen-bond donors (Lipinski definition) is 2. The molecule has 1 aromatic rings. The Kier molecular flexibility index (Phi) is 2.44. The first-order chi connectivity index (χ1) is 7.13. The zero-order chi connectivity index (χ0) is 11.0. The Morgan fingerprint density at radius 1 is 1.47 bits per heavy atom. The van der Waals surface area contributed by atoms with Crippen molar-refractivity contribution in [3.05, 3.63) is 17.2 Å². The fourth-order valence-electron chi connectivity index (χ4n) is 1.87. The first-order valence-corrected chi connectivity index (χ1v) is 4.85. The van der Waals surface area contributed by atoms with E-state index in [1.807, 2.05) is 6.92 Å². The van der Waals surface area contributed by atoms with Gasteiger partial charge < -0.3 is 19.7 Å². The SMILES string of the molecule is COc1c(O)cc2c(c1O)COC(C)C2. The normalized spacial score (nSPS) is 19.7. The summed E-state index contributed by atoms with van der Waals surface area (Å²) in [6.45, 7) is 2.32. The summed E-state index contributed by atoms with van der Waals surface area (Å²) in [5.41, 5.74) is 1.63. The van der Waals surface area contributed by atoms with Crippen LogP contribution in [-0.2, 0) is 17.8 Å². The Balaban J connectivity index is 2.53. The molecule has 2 N–H and O–H groups in total. The third kappa shape index (κ3) is 1.61. The van der Waals surface area contributed by atoms with Gasteiger partial charge >= 0.3 is 0 Å². The average Bonchev–Trinajstić information content (AvgIpc) is 2.17. The standard InChI is InChI=1S/C11H14O4/c1-6-3-7-4-9(12)11(14-2)10(13)8(7)5-15-6/h4,6,12-13H,3,5H2,1-2H3. The van der Waals surface area contributed by atoms with E-state index in [4.69, 9.17) is 9.47 Å². The third-order valence-electron chi connectivity index (χ3n) is 2.66. The Morgan fingerprint density at radius 2 is 2.20 bits per heavy atom. The van der Waals surface area contributed by atoms with Crippen LogP contribution in [0.25, 0.3) is 0 Å². The minimum Gasteiger partial charge on any atom is -0.504 e. The van der Waals surface area contributed by atoms with Crippen LogP contribution in [0.3, 0.4) is 0 Å². The second kappa shape index (κ2) is 3.62. The van der Waals surface area contributed by atoms with Crippen LogP contribution in [0.2, 0.25) is 0 Å². The summed E-state index contributed by atoms with van der Waals surface area (Å²) >= 11 is 0. The van der Waals surface area contributed by atoms with Gasteiger partial charge in [0, 0.05) is 5.56 Å². The molecule has 0 saturated carbocycles. The number of ether oxygens (including phenoxy) is 2. The quantitative estimate of drug-likeness (QED) is 0.738. The summed E-state index contributed by atoms with van der Waals surface area (Å²) in [5, 5.41) is 19.4. The van der Waals surface area contributed by atoms with Crippen molar-refractivity contribution in [2.75, 3.05) is 7.11 Å². The molecule has 1 unspecified atom stereocenters. The van der Waals surface area contributed by atoms with E-state index in [2.05, 4.69) is 0 Å². The van der Waals surface area contributed by atoms with Gasteiger partial charge in [-0.1, -0.05) is 0 Å². The fourth-order valence-corrected chi connectivity index (χ4v) is 1.87. The van der Waals surface area contributed by atoms with E-state index < -0.39 is 0 Å². The first-order valence-electron chi connectivity index (χ1n) is 4.85. The van der Waals surface area contributed by atoms with Crippen LogP contribution in [0, 0.1) is 0 Å². The van der Waals surface area contributed by atoms with Crippen molar-refractivity contribution in [2.24, 2.45) is 0 Å². The molecule has 0 aliphatic carbocycles. The lowest BCUT2D eigenvalue weighted by molar-refractivity contribution is 0.0393. The number of phenolic OH excluding ortho intramolecular Hbond substituents is 2. The largest absolute Gasteiger partial charge is 0.504 e. The van der Waals surface area contributed by atoms with E-state index in [-0.39, 0.29) is 23.4 Å². The van der Waals surface area contributed by atoms with E-state index in [1.165, 1.54) is 7.11 Å². The minimum absolute atomic E-state index is 0.0144. The highest BCUT2D eigenvalue weighted by atomic mass is 16.5. The van der Waals surface area contributed by atoms with Crippen molar-refractivity contribution in [1.82, 2.24) is 0 Å². The predicted molar refractivity (Wildman–Crippen MR) is 54.3 cm³/mol. The number of hydrogen-bond acceptors (Lipinski definition) is 4. The molecule has 1 atom stereocenters. The molecule has 0 amide bonds. The monoisotopic (exact) mass is 210 g/mol. The van der Waals surface area contributed by atoms with Gasteiger partial charge in [-0.05, 0) is 25.0 Å². The lowest BCUT2D eigenvalue weighted by Crippen LogP contribution is -2.19. The van der Waals surface area contributed by atoms with Gasteiger partial charge in [-0.25, -0.2) is 0 Å². The van der Waals surface area contributed by atoms with Gasteiger partial charge in [0.25, 0.3) is 0 Å². The molecule has 0 saturated heterocycles. The van der Waals surface area contributed by atoms with Crippen LogP contribution in [-0.4, -0.2) is 23.4 Å². The van der Waals surface area contributed by atoms with Crippen LogP contribution >= 0.6 is 0 Å². The van der Waals surface area contributed by atoms with Gasteiger partial charge in [-0.2, -0.15) is 0 Å². The Morgan fingerprint density at radius 3 is 2.87 bits per heavy atom. The first kappa shape index (κ1) is 10.1. The number of phenols is 2. The van der Waals surface area contributed by atoms with E-state index in [0.717, 1.165) is 5.56 Å². The summed E-state index contributed by atoms with van der Waals surface area (Å²) in [7, 11) is 1.41. The summed E-state index contributed by atoms with van der Waals surface area (Å²) in [4.78, 5) is 0. The van der Waals surface area contributed by atoms with Gasteiger partial charge in [0.15, 0.2) is 11.5 Å². The molecule has 82 valence electrons. The zero-order valence-electron chi connectivity index (χ0n) is 8.78. The molecule has 1 heterocycles. The van der Waals surface area contributed by atoms with Gasteiger partial charge in [-0.15, -0.1) is 0 Å². The molecular weight excluding hydrogens is 196 g/mol. The number of aromatic hydroxyl groups is 2. The molecule has 0 spiro atoms. The Bertz CT molecular complexity index is 387. The Labute approximate surface area is 88.1 Å². The third-order valence-corrected chi connectivity index (χ3v) is 2.66. The van der Waals surface area contributed by atoms with E-state index in [0.29, 0.717) is 18.6 Å². The molecular formula is C11H14O4. The second-order valence-corrected chi connectivity index (χ2v) is 3.74. The summed E-state index contributed by atoms with van der Waals surface area (Å²) in [6, 6.07) is 1.63. The van der Waals surface area contributed by atoms with Crippen LogP contribution in [0.15, 0.2) is 6.07 Å². The van der Waals surface area contributed by atoms with Crippen LogP contribution in [0.1, 0.15) is 18.1 Å². The molecule has 0 radical (unpaired) electrons. The predicted octanol–water partition coefficient (Wildman–Crippen LogP) is 1.57. The van der Waals surface area contributed by atoms with E-state index in [1.54, 1.807) is 6.07 Å². The lowest BCUT2D eigenvalue weighted by Gasteiger charge is -2.24. The van der Waals surface area contributed by atoms with Crippen molar-refractivity contribution in [3.63, 3.8) is 0 Å². The smallest absolute Gasteiger partial charge is 0.203 e. The number of rotatable bonds is 1. The van der Waals surface area contributed by atoms with Gasteiger partial charge in [-0.3, -0.25) is 0 Å². The Hall–Kier alpha value is -1.42. The van der Waals surface area contributed by atoms with Gasteiger partial charge in [0.05, 0.1) is 19.8 Å². The van der Waals surface area contributed by atoms with Crippen molar-refractivity contribution < 1.29 is 19.7 Å². The lowest BCUT2D eigenvalue weighted by atomic mass is 9.98. The van der Waals surface area contributed by atoms with Crippen LogP contribution in [0.4, 0.5) is 0 Å². The number of methoxy groups -OCH3 is 1. The molecule has 4 nitrogen and oxygen atoms in total. The summed E-state index contributed by atoms with van der Waals surface area (Å²) < 4.78 is 10.3. The van der Waals surface area contributed by atoms with Gasteiger partial charge in [0.2, 0.25) is 5.75 Å². The molecule has 2 rings (SSSR count). The van der Waals surface area contributed by atoms with Crippen molar-refractivity contribution in [1.29, 1.82) is 0 Å². The molecule has 0 fully saturated rings. The molecule has 0 bridgehead atoms. The van der Waals surface area contributed by atoms with E-state index in [9.17, 15) is 10.2 Å². The molecule has 1 aliphatic rings. The maximum Gasteiger partial charge on any atom is 0.203 e. The number of benzene rings is 1. The van der Waals surface area contributed by atoms with E-state index >= 15 is 0 Å². The highest BCUT2D eigenvalue weighted by Crippen LogP contribution is 2.42. The summed E-state index contributed by atoms with van der Waals surface area (Å²) in [5.74, 6) is 0.0779. The van der Waals surface area contributed by atoms with Crippen LogP contribution < -0.4 is 4.74 Å². The molecule has 0 aromatic heterocycles. The van der Waals surface area contributed by atoms with Crippen molar-refractivity contribution >= 4 is 0 Å². The van der Waals surface area contributed by atoms with Crippen molar-refractivity contribution in [2.45, 2.75) is 26.1 Å². The van der Waals surface area contributed by atoms with Gasteiger partial charge in [0.1, 0.15) is 0 Å². The maximum absolute atomic E-state index is 9.84. The highest BCUT2D eigenvalue weighted by Gasteiger charge is 2.23. The van der Waals surface area contributed by atoms with Crippen molar-refractivity contribution in [3.8, 4) is 17.2 Å². The highest BCUT2D eigenvalue weighted by molar-refractivity contribution is 5.58. The van der Waals surface area contributed by atoms with Crippen LogP contribution in [0.5, 0.6) is 17.2 Å². The number of fused-ring (bicyclic) bond motifs is 1. The molecule has 15 heavy (non-hydrogen) atoms. The topological polar surface area (TPSA) is 58.9 Å². The summed E-state index contributed by atoms with van der Waals surface area (Å²) in [6.07, 6.45) is 0.810. The fraction of sp³-hybridized carbons (Fsp3) is 0.455. The molecule has 1 aromatic carbocycles. The maximum atomic E-state index is 9.84.